The zero-order valence-electron chi connectivity index (χ0n) is 20.4. The lowest BCUT2D eigenvalue weighted by Gasteiger charge is -2.40. The van der Waals surface area contributed by atoms with Gasteiger partial charge in [0, 0.05) is 24.7 Å². The molecule has 2 atom stereocenters. The normalized spacial score (nSPS) is 20.0. The first-order valence-electron chi connectivity index (χ1n) is 12.7. The van der Waals surface area contributed by atoms with Crippen LogP contribution in [0.5, 0.6) is 5.75 Å². The summed E-state index contributed by atoms with van der Waals surface area (Å²) < 4.78 is 6.25. The van der Waals surface area contributed by atoms with Crippen LogP contribution in [0.2, 0.25) is 0 Å². The van der Waals surface area contributed by atoms with Gasteiger partial charge in [0.25, 0.3) is 0 Å². The first kappa shape index (κ1) is 25.0. The molecule has 2 heterocycles. The van der Waals surface area contributed by atoms with Gasteiger partial charge in [0.05, 0.1) is 11.6 Å². The number of anilines is 3. The molecule has 34 heavy (non-hydrogen) atoms. The Labute approximate surface area is 211 Å². The first-order valence-corrected chi connectivity index (χ1v) is 13.5. The quantitative estimate of drug-likeness (QED) is 0.393. The van der Waals surface area contributed by atoms with Gasteiger partial charge in [0.1, 0.15) is 5.75 Å². The highest BCUT2D eigenvalue weighted by Crippen LogP contribution is 2.31. The van der Waals surface area contributed by atoms with Crippen molar-refractivity contribution < 1.29 is 4.74 Å². The molecule has 1 saturated carbocycles. The van der Waals surface area contributed by atoms with Crippen LogP contribution in [0.3, 0.4) is 0 Å². The standard InChI is InChI=1S/C25H38BrN7O/c1-3-21(20-11-8-14-28-20)33(18-9-6-4-5-7-10-18)25-31-23(27)30-24(32-25)29-16-17-12-13-22(34-2)19(26)15-17/h12-13,15,18,20-21,28H,3-11,14,16H2,1-2H3,(H3,27,29,30,31,32). The zero-order valence-corrected chi connectivity index (χ0v) is 22.0. The first-order chi connectivity index (χ1) is 16.6. The van der Waals surface area contributed by atoms with Crippen molar-refractivity contribution in [2.45, 2.75) is 89.4 Å². The third kappa shape index (κ3) is 6.10. The van der Waals surface area contributed by atoms with Crippen molar-refractivity contribution >= 4 is 33.8 Å². The van der Waals surface area contributed by atoms with Crippen molar-refractivity contribution in [1.82, 2.24) is 20.3 Å². The third-order valence-corrected chi connectivity index (χ3v) is 7.71. The maximum Gasteiger partial charge on any atom is 0.232 e. The maximum absolute atomic E-state index is 6.22. The second-order valence-electron chi connectivity index (χ2n) is 9.37. The molecular formula is C25H38BrN7O. The van der Waals surface area contributed by atoms with E-state index in [9.17, 15) is 0 Å². The average Bonchev–Trinajstić information content (AvgIpc) is 3.23. The molecule has 0 spiro atoms. The Kier molecular flexibility index (Phi) is 8.83. The lowest BCUT2D eigenvalue weighted by atomic mass is 9.97. The second kappa shape index (κ2) is 12.0. The van der Waals surface area contributed by atoms with Crippen LogP contribution in [0.25, 0.3) is 0 Å². The molecule has 8 nitrogen and oxygen atoms in total. The fraction of sp³-hybridized carbons (Fsp3) is 0.640. The molecule has 4 rings (SSSR count). The van der Waals surface area contributed by atoms with Crippen molar-refractivity contribution in [3.63, 3.8) is 0 Å². The van der Waals surface area contributed by atoms with Crippen LogP contribution in [0.1, 0.15) is 70.3 Å². The number of halogens is 1. The number of nitrogens with two attached hydrogens (primary N) is 1. The number of ether oxygens (including phenoxy) is 1. The Hall–Kier alpha value is -2.13. The van der Waals surface area contributed by atoms with E-state index in [0.717, 1.165) is 28.8 Å². The molecule has 1 aromatic heterocycles. The number of methoxy groups -OCH3 is 1. The van der Waals surface area contributed by atoms with E-state index in [1.807, 2.05) is 18.2 Å². The Morgan fingerprint density at radius 3 is 2.59 bits per heavy atom. The lowest BCUT2D eigenvalue weighted by Crippen LogP contribution is -2.52. The van der Waals surface area contributed by atoms with Crippen LogP contribution in [0.4, 0.5) is 17.8 Å². The molecule has 186 valence electrons. The summed E-state index contributed by atoms with van der Waals surface area (Å²) in [6, 6.07) is 7.24. The molecule has 2 aliphatic rings. The lowest BCUT2D eigenvalue weighted by molar-refractivity contribution is 0.380. The zero-order chi connectivity index (χ0) is 23.9. The van der Waals surface area contributed by atoms with Crippen molar-refractivity contribution in [3.8, 4) is 5.75 Å². The van der Waals surface area contributed by atoms with Crippen LogP contribution in [-0.2, 0) is 6.54 Å². The summed E-state index contributed by atoms with van der Waals surface area (Å²) in [6.07, 6.45) is 11.0. The number of nitrogens with zero attached hydrogens (tertiary/aromatic N) is 4. The summed E-state index contributed by atoms with van der Waals surface area (Å²) in [7, 11) is 1.66. The van der Waals surface area contributed by atoms with E-state index in [0.29, 0.717) is 36.6 Å². The number of hydrogen-bond donors (Lipinski definition) is 3. The number of nitrogens with one attached hydrogen (secondary N) is 2. The summed E-state index contributed by atoms with van der Waals surface area (Å²) in [5, 5.41) is 7.09. The van der Waals surface area contributed by atoms with Gasteiger partial charge in [-0.15, -0.1) is 0 Å². The highest BCUT2D eigenvalue weighted by molar-refractivity contribution is 9.10. The molecule has 1 saturated heterocycles. The number of aromatic nitrogens is 3. The molecule has 0 amide bonds. The van der Waals surface area contributed by atoms with Crippen LogP contribution >= 0.6 is 15.9 Å². The summed E-state index contributed by atoms with van der Waals surface area (Å²) in [6.45, 7) is 3.94. The van der Waals surface area contributed by atoms with Gasteiger partial charge in [-0.05, 0) is 72.3 Å². The van der Waals surface area contributed by atoms with Gasteiger partial charge >= 0.3 is 0 Å². The smallest absolute Gasteiger partial charge is 0.232 e. The fourth-order valence-electron chi connectivity index (χ4n) is 5.41. The van der Waals surface area contributed by atoms with E-state index in [4.69, 9.17) is 15.5 Å². The molecule has 2 aromatic rings. The number of nitrogen functional groups attached to an aromatic ring is 1. The van der Waals surface area contributed by atoms with E-state index in [2.05, 4.69) is 48.4 Å². The molecule has 1 aromatic carbocycles. The van der Waals surface area contributed by atoms with Gasteiger partial charge in [0.2, 0.25) is 17.8 Å². The van der Waals surface area contributed by atoms with Gasteiger partial charge in [-0.1, -0.05) is 38.7 Å². The Balaban J connectivity index is 1.59. The Morgan fingerprint density at radius 1 is 1.15 bits per heavy atom. The highest BCUT2D eigenvalue weighted by atomic mass is 79.9. The molecule has 1 aliphatic carbocycles. The van der Waals surface area contributed by atoms with E-state index in [-0.39, 0.29) is 5.95 Å². The van der Waals surface area contributed by atoms with Gasteiger partial charge in [-0.3, -0.25) is 0 Å². The van der Waals surface area contributed by atoms with Crippen molar-refractivity contribution in [1.29, 1.82) is 0 Å². The average molecular weight is 533 g/mol. The third-order valence-electron chi connectivity index (χ3n) is 7.10. The number of benzene rings is 1. The summed E-state index contributed by atoms with van der Waals surface area (Å²) in [5.74, 6) is 2.29. The molecular weight excluding hydrogens is 494 g/mol. The van der Waals surface area contributed by atoms with Crippen LogP contribution in [0, 0.1) is 0 Å². The molecule has 0 bridgehead atoms. The maximum atomic E-state index is 6.22. The topological polar surface area (TPSA) is 101 Å². The van der Waals surface area contributed by atoms with Gasteiger partial charge in [0.15, 0.2) is 0 Å². The fourth-order valence-corrected chi connectivity index (χ4v) is 6.00. The monoisotopic (exact) mass is 531 g/mol. The van der Waals surface area contributed by atoms with E-state index < -0.39 is 0 Å². The molecule has 4 N–H and O–H groups in total. The van der Waals surface area contributed by atoms with Crippen LogP contribution < -0.4 is 26.0 Å². The predicted molar refractivity (Wildman–Crippen MR) is 141 cm³/mol. The van der Waals surface area contributed by atoms with E-state index in [1.54, 1.807) is 7.11 Å². The minimum atomic E-state index is 0.260. The summed E-state index contributed by atoms with van der Waals surface area (Å²) >= 11 is 3.56. The molecule has 9 heteroatoms. The minimum absolute atomic E-state index is 0.260. The summed E-state index contributed by atoms with van der Waals surface area (Å²) in [5.41, 5.74) is 7.31. The molecule has 0 radical (unpaired) electrons. The van der Waals surface area contributed by atoms with Gasteiger partial charge in [-0.2, -0.15) is 15.0 Å². The highest BCUT2D eigenvalue weighted by Gasteiger charge is 2.35. The van der Waals surface area contributed by atoms with Crippen LogP contribution in [0.15, 0.2) is 22.7 Å². The number of hydrogen-bond acceptors (Lipinski definition) is 8. The Morgan fingerprint density at radius 2 is 1.94 bits per heavy atom. The molecule has 2 fully saturated rings. The van der Waals surface area contributed by atoms with Gasteiger partial charge in [-0.25, -0.2) is 0 Å². The molecule has 2 unspecified atom stereocenters. The summed E-state index contributed by atoms with van der Waals surface area (Å²) in [4.78, 5) is 16.4. The SMILES string of the molecule is CCC(C1CCCN1)N(c1nc(N)nc(NCc2ccc(OC)c(Br)c2)n1)C1CCCCCC1. The van der Waals surface area contributed by atoms with Crippen LogP contribution in [-0.4, -0.2) is 46.7 Å². The predicted octanol–water partition coefficient (Wildman–Crippen LogP) is 4.90. The largest absolute Gasteiger partial charge is 0.496 e. The second-order valence-corrected chi connectivity index (χ2v) is 10.2. The number of rotatable bonds is 9. The van der Waals surface area contributed by atoms with Gasteiger partial charge < -0.3 is 26.0 Å². The van der Waals surface area contributed by atoms with Crippen molar-refractivity contribution in [2.75, 3.05) is 29.6 Å². The minimum Gasteiger partial charge on any atom is -0.496 e. The Bertz CT molecular complexity index is 929. The molecule has 1 aliphatic heterocycles. The van der Waals surface area contributed by atoms with E-state index >= 15 is 0 Å². The van der Waals surface area contributed by atoms with Crippen molar-refractivity contribution in [2.24, 2.45) is 0 Å². The van der Waals surface area contributed by atoms with Crippen molar-refractivity contribution in [3.05, 3.63) is 28.2 Å². The van der Waals surface area contributed by atoms with E-state index in [1.165, 1.54) is 51.4 Å².